The highest BCUT2D eigenvalue weighted by Crippen LogP contribution is 2.16. The van der Waals surface area contributed by atoms with E-state index < -0.39 is 0 Å². The van der Waals surface area contributed by atoms with Gasteiger partial charge in [-0.1, -0.05) is 47.6 Å². The van der Waals surface area contributed by atoms with Crippen LogP contribution >= 0.6 is 0 Å². The lowest BCUT2D eigenvalue weighted by Crippen LogP contribution is -2.27. The van der Waals surface area contributed by atoms with Gasteiger partial charge in [0.2, 0.25) is 17.6 Å². The van der Waals surface area contributed by atoms with E-state index in [9.17, 15) is 4.79 Å². The van der Waals surface area contributed by atoms with E-state index in [1.54, 1.807) is 19.1 Å². The number of likely N-dealkylation sites (N-methyl/N-ethyl adjacent to an activating group) is 1. The van der Waals surface area contributed by atoms with Crippen molar-refractivity contribution in [3.63, 3.8) is 0 Å². The summed E-state index contributed by atoms with van der Waals surface area (Å²) in [5.41, 5.74) is 1.80. The van der Waals surface area contributed by atoms with Gasteiger partial charge in [0.05, 0.1) is 20.1 Å². The van der Waals surface area contributed by atoms with Crippen molar-refractivity contribution in [3.05, 3.63) is 66.1 Å². The van der Waals surface area contributed by atoms with Gasteiger partial charge in [-0.3, -0.25) is 4.79 Å². The Morgan fingerprint density at radius 2 is 1.84 bits per heavy atom. The van der Waals surface area contributed by atoms with Crippen molar-refractivity contribution < 1.29 is 14.1 Å². The van der Waals surface area contributed by atoms with Crippen molar-refractivity contribution in [1.82, 2.24) is 15.0 Å². The first kappa shape index (κ1) is 16.7. The maximum Gasteiger partial charge on any atom is 0.246 e. The van der Waals surface area contributed by atoms with Crippen LogP contribution in [-0.4, -0.2) is 35.1 Å². The summed E-state index contributed by atoms with van der Waals surface area (Å²) in [5, 5.41) is 3.96. The fourth-order valence-corrected chi connectivity index (χ4v) is 2.37. The molecule has 0 N–H and O–H groups in total. The van der Waals surface area contributed by atoms with Crippen LogP contribution in [0.1, 0.15) is 11.5 Å². The van der Waals surface area contributed by atoms with Gasteiger partial charge in [-0.25, -0.2) is 0 Å². The van der Waals surface area contributed by atoms with Gasteiger partial charge in [0, 0.05) is 12.6 Å². The average Bonchev–Trinajstić information content (AvgIpc) is 3.11. The Labute approximate surface area is 146 Å². The van der Waals surface area contributed by atoms with Crippen LogP contribution in [0.3, 0.4) is 0 Å². The van der Waals surface area contributed by atoms with Crippen LogP contribution in [0.4, 0.5) is 0 Å². The largest absolute Gasteiger partial charge is 0.497 e. The number of benzene rings is 2. The van der Waals surface area contributed by atoms with E-state index in [-0.39, 0.29) is 12.5 Å². The van der Waals surface area contributed by atoms with Gasteiger partial charge in [-0.15, -0.1) is 0 Å². The molecule has 25 heavy (non-hydrogen) atoms. The number of amides is 1. The molecular weight excluding hydrogens is 318 g/mol. The van der Waals surface area contributed by atoms with Crippen LogP contribution in [0, 0.1) is 0 Å². The van der Waals surface area contributed by atoms with Crippen LogP contribution in [-0.2, 0) is 17.8 Å². The summed E-state index contributed by atoms with van der Waals surface area (Å²) in [6, 6.07) is 17.0. The normalized spacial score (nSPS) is 10.5. The van der Waals surface area contributed by atoms with Crippen molar-refractivity contribution in [2.75, 3.05) is 14.2 Å². The molecule has 6 nitrogen and oxygen atoms in total. The van der Waals surface area contributed by atoms with Crippen molar-refractivity contribution in [2.45, 2.75) is 13.0 Å². The van der Waals surface area contributed by atoms with E-state index in [1.807, 2.05) is 54.6 Å². The molecule has 6 heteroatoms. The highest BCUT2D eigenvalue weighted by atomic mass is 16.5. The Balaban J connectivity index is 1.60. The summed E-state index contributed by atoms with van der Waals surface area (Å²) < 4.78 is 10.4. The Kier molecular flexibility index (Phi) is 5.09. The van der Waals surface area contributed by atoms with E-state index in [4.69, 9.17) is 9.26 Å². The van der Waals surface area contributed by atoms with Crippen LogP contribution in [0.25, 0.3) is 11.4 Å². The molecule has 0 atom stereocenters. The zero-order valence-corrected chi connectivity index (χ0v) is 14.2. The highest BCUT2D eigenvalue weighted by molar-refractivity contribution is 5.78. The summed E-state index contributed by atoms with van der Waals surface area (Å²) in [5.74, 6) is 1.67. The van der Waals surface area contributed by atoms with Gasteiger partial charge in [0.15, 0.2) is 0 Å². The van der Waals surface area contributed by atoms with Crippen LogP contribution in [0.2, 0.25) is 0 Å². The molecule has 1 heterocycles. The molecule has 128 valence electrons. The quantitative estimate of drug-likeness (QED) is 0.692. The predicted octanol–water partition coefficient (Wildman–Crippen LogP) is 2.95. The van der Waals surface area contributed by atoms with Gasteiger partial charge >= 0.3 is 0 Å². The smallest absolute Gasteiger partial charge is 0.246 e. The van der Waals surface area contributed by atoms with E-state index in [2.05, 4.69) is 10.1 Å². The summed E-state index contributed by atoms with van der Waals surface area (Å²) in [6.45, 7) is 0.273. The SMILES string of the molecule is COc1ccc(CC(=O)N(C)Cc2nc(-c3ccccc3)no2)cc1. The molecule has 2 aromatic carbocycles. The Bertz CT molecular complexity index is 829. The monoisotopic (exact) mass is 337 g/mol. The van der Waals surface area contributed by atoms with E-state index >= 15 is 0 Å². The summed E-state index contributed by atoms with van der Waals surface area (Å²) >= 11 is 0. The second kappa shape index (κ2) is 7.61. The van der Waals surface area contributed by atoms with Crippen LogP contribution in [0.15, 0.2) is 59.1 Å². The van der Waals surface area contributed by atoms with Gasteiger partial charge in [-0.2, -0.15) is 4.98 Å². The highest BCUT2D eigenvalue weighted by Gasteiger charge is 2.15. The van der Waals surface area contributed by atoms with E-state index in [1.165, 1.54) is 0 Å². The van der Waals surface area contributed by atoms with E-state index in [0.29, 0.717) is 18.1 Å². The van der Waals surface area contributed by atoms with Gasteiger partial charge in [0.25, 0.3) is 0 Å². The molecule has 3 aromatic rings. The number of rotatable bonds is 6. The summed E-state index contributed by atoms with van der Waals surface area (Å²) in [4.78, 5) is 18.3. The second-order valence-electron chi connectivity index (χ2n) is 5.65. The number of hydrogen-bond acceptors (Lipinski definition) is 5. The first-order valence-corrected chi connectivity index (χ1v) is 7.90. The van der Waals surface area contributed by atoms with Gasteiger partial charge in [0.1, 0.15) is 5.75 Å². The first-order valence-electron chi connectivity index (χ1n) is 7.90. The molecule has 3 rings (SSSR count). The number of hydrogen-bond donors (Lipinski definition) is 0. The van der Waals surface area contributed by atoms with Gasteiger partial charge in [-0.05, 0) is 17.7 Å². The molecule has 0 fully saturated rings. The summed E-state index contributed by atoms with van der Waals surface area (Å²) in [6.07, 6.45) is 0.306. The lowest BCUT2D eigenvalue weighted by molar-refractivity contribution is -0.130. The number of methoxy groups -OCH3 is 1. The molecule has 0 saturated carbocycles. The van der Waals surface area contributed by atoms with Crippen molar-refractivity contribution in [3.8, 4) is 17.1 Å². The maximum atomic E-state index is 12.4. The Morgan fingerprint density at radius 3 is 2.52 bits per heavy atom. The minimum atomic E-state index is -0.0235. The number of nitrogens with zero attached hydrogens (tertiary/aromatic N) is 3. The molecule has 0 radical (unpaired) electrons. The topological polar surface area (TPSA) is 68.5 Å². The van der Waals surface area contributed by atoms with Crippen molar-refractivity contribution >= 4 is 5.91 Å². The third kappa shape index (κ3) is 4.23. The first-order chi connectivity index (χ1) is 12.2. The minimum absolute atomic E-state index is 0.0235. The minimum Gasteiger partial charge on any atom is -0.497 e. The van der Waals surface area contributed by atoms with Crippen LogP contribution in [0.5, 0.6) is 5.75 Å². The molecule has 0 spiro atoms. The molecule has 1 amide bonds. The third-order valence-corrected chi connectivity index (χ3v) is 3.81. The third-order valence-electron chi connectivity index (χ3n) is 3.81. The fourth-order valence-electron chi connectivity index (χ4n) is 2.37. The van der Waals surface area contributed by atoms with Crippen molar-refractivity contribution in [2.24, 2.45) is 0 Å². The lowest BCUT2D eigenvalue weighted by Gasteiger charge is -2.14. The molecular formula is C19H19N3O3. The number of carbonyl (C=O) groups excluding carboxylic acids is 1. The van der Waals surface area contributed by atoms with Gasteiger partial charge < -0.3 is 14.2 Å². The van der Waals surface area contributed by atoms with E-state index in [0.717, 1.165) is 16.9 Å². The fraction of sp³-hybridized carbons (Fsp3) is 0.211. The number of carbonyl (C=O) groups is 1. The maximum absolute atomic E-state index is 12.4. The molecule has 0 aliphatic rings. The molecule has 0 unspecified atom stereocenters. The van der Waals surface area contributed by atoms with Crippen molar-refractivity contribution in [1.29, 1.82) is 0 Å². The molecule has 0 aliphatic carbocycles. The zero-order valence-electron chi connectivity index (χ0n) is 14.2. The molecule has 0 saturated heterocycles. The number of aromatic nitrogens is 2. The Hall–Kier alpha value is -3.15. The standard InChI is InChI=1S/C19H19N3O3/c1-22(18(23)12-14-8-10-16(24-2)11-9-14)13-17-20-19(21-25-17)15-6-4-3-5-7-15/h3-11H,12-13H2,1-2H3. The van der Waals surface area contributed by atoms with Crippen LogP contribution < -0.4 is 4.74 Å². The number of ether oxygens (including phenoxy) is 1. The molecule has 1 aromatic heterocycles. The zero-order chi connectivity index (χ0) is 17.6. The summed E-state index contributed by atoms with van der Waals surface area (Å²) in [7, 11) is 3.33. The molecule has 0 bridgehead atoms. The molecule has 0 aliphatic heterocycles. The Morgan fingerprint density at radius 1 is 1.12 bits per heavy atom. The lowest BCUT2D eigenvalue weighted by atomic mass is 10.1. The second-order valence-corrected chi connectivity index (χ2v) is 5.65. The average molecular weight is 337 g/mol. The predicted molar refractivity (Wildman–Crippen MR) is 92.9 cm³/mol.